The first-order chi connectivity index (χ1) is 9.15. The number of nitrogen functional groups attached to an aromatic ring is 1. The van der Waals surface area contributed by atoms with E-state index in [0.29, 0.717) is 0 Å². The summed E-state index contributed by atoms with van der Waals surface area (Å²) in [5.41, 5.74) is 12.1. The minimum Gasteiger partial charge on any atom is -0.398 e. The predicted octanol–water partition coefficient (Wildman–Crippen LogP) is 3.58. The van der Waals surface area contributed by atoms with Crippen LogP contribution in [-0.2, 0) is 13.0 Å². The highest BCUT2D eigenvalue weighted by atomic mass is 35.5. The van der Waals surface area contributed by atoms with Crippen LogP contribution in [0.5, 0.6) is 0 Å². The van der Waals surface area contributed by atoms with Gasteiger partial charge in [-0.25, -0.2) is 0 Å². The summed E-state index contributed by atoms with van der Waals surface area (Å²) in [6, 6.07) is 12.2. The summed E-state index contributed by atoms with van der Waals surface area (Å²) in [4.78, 5) is 2.32. The summed E-state index contributed by atoms with van der Waals surface area (Å²) in [6.07, 6.45) is 1.02. The van der Waals surface area contributed by atoms with Gasteiger partial charge in [0.15, 0.2) is 0 Å². The molecule has 98 valence electrons. The van der Waals surface area contributed by atoms with E-state index >= 15 is 0 Å². The van der Waals surface area contributed by atoms with E-state index in [4.69, 9.17) is 17.3 Å². The van der Waals surface area contributed by atoms with Gasteiger partial charge in [-0.3, -0.25) is 0 Å². The second-order valence-corrected chi connectivity index (χ2v) is 5.60. The molecule has 0 saturated carbocycles. The molecule has 2 N–H and O–H groups in total. The lowest BCUT2D eigenvalue weighted by Crippen LogP contribution is -2.27. The van der Waals surface area contributed by atoms with E-state index in [0.717, 1.165) is 41.3 Å². The van der Waals surface area contributed by atoms with Gasteiger partial charge in [-0.15, -0.1) is 0 Å². The molecule has 0 unspecified atom stereocenters. The van der Waals surface area contributed by atoms with Crippen molar-refractivity contribution in [2.75, 3.05) is 19.3 Å². The van der Waals surface area contributed by atoms with Crippen LogP contribution in [0.3, 0.4) is 0 Å². The number of hydrogen-bond acceptors (Lipinski definition) is 2. The van der Waals surface area contributed by atoms with Crippen molar-refractivity contribution in [3.63, 3.8) is 0 Å². The van der Waals surface area contributed by atoms with Gasteiger partial charge in [0.25, 0.3) is 0 Å². The Morgan fingerprint density at radius 2 is 2.05 bits per heavy atom. The first-order valence-electron chi connectivity index (χ1n) is 6.50. The Kier molecular flexibility index (Phi) is 3.21. The topological polar surface area (TPSA) is 29.3 Å². The van der Waals surface area contributed by atoms with Gasteiger partial charge in [-0.2, -0.15) is 0 Å². The van der Waals surface area contributed by atoms with Crippen molar-refractivity contribution >= 4 is 17.3 Å². The zero-order valence-corrected chi connectivity index (χ0v) is 11.7. The van der Waals surface area contributed by atoms with Gasteiger partial charge >= 0.3 is 0 Å². The lowest BCUT2D eigenvalue weighted by atomic mass is 9.92. The molecule has 0 bridgehead atoms. The summed E-state index contributed by atoms with van der Waals surface area (Å²) >= 11 is 6.06. The van der Waals surface area contributed by atoms with E-state index in [-0.39, 0.29) is 0 Å². The number of benzene rings is 2. The molecule has 0 aromatic heterocycles. The Labute approximate surface area is 118 Å². The zero-order chi connectivity index (χ0) is 13.4. The lowest BCUT2D eigenvalue weighted by molar-refractivity contribution is 0.313. The molecule has 0 saturated heterocycles. The average Bonchev–Trinajstić information content (AvgIpc) is 2.39. The van der Waals surface area contributed by atoms with Gasteiger partial charge in [0.1, 0.15) is 0 Å². The quantitative estimate of drug-likeness (QED) is 0.804. The zero-order valence-electron chi connectivity index (χ0n) is 11.0. The average molecular weight is 273 g/mol. The first-order valence-corrected chi connectivity index (χ1v) is 6.87. The number of anilines is 1. The third kappa shape index (κ3) is 2.34. The molecule has 1 heterocycles. The van der Waals surface area contributed by atoms with Gasteiger partial charge in [0.05, 0.1) is 0 Å². The van der Waals surface area contributed by atoms with Crippen LogP contribution < -0.4 is 5.73 Å². The Balaban J connectivity index is 2.09. The smallest absolute Gasteiger partial charge is 0.0430 e. The number of fused-ring (bicyclic) bond motifs is 1. The molecule has 3 heteroatoms. The Morgan fingerprint density at radius 1 is 1.21 bits per heavy atom. The number of nitrogens with two attached hydrogens (primary N) is 1. The molecule has 0 fully saturated rings. The van der Waals surface area contributed by atoms with Crippen LogP contribution in [0.25, 0.3) is 11.1 Å². The second kappa shape index (κ2) is 4.87. The van der Waals surface area contributed by atoms with Crippen LogP contribution in [0, 0.1) is 0 Å². The molecule has 2 nitrogen and oxygen atoms in total. The molecule has 1 aliphatic rings. The maximum atomic E-state index is 6.37. The fourth-order valence-electron chi connectivity index (χ4n) is 2.73. The van der Waals surface area contributed by atoms with Crippen LogP contribution in [0.4, 0.5) is 5.69 Å². The molecule has 3 rings (SSSR count). The van der Waals surface area contributed by atoms with Crippen LogP contribution in [0.15, 0.2) is 36.4 Å². The van der Waals surface area contributed by atoms with Gasteiger partial charge in [0.2, 0.25) is 0 Å². The first kappa shape index (κ1) is 12.5. The molecule has 2 aromatic rings. The van der Waals surface area contributed by atoms with Crippen molar-refractivity contribution in [1.82, 2.24) is 4.90 Å². The van der Waals surface area contributed by atoms with Crippen LogP contribution in [0.1, 0.15) is 11.1 Å². The maximum Gasteiger partial charge on any atom is 0.0430 e. The molecule has 19 heavy (non-hydrogen) atoms. The van der Waals surface area contributed by atoms with Crippen molar-refractivity contribution in [2.45, 2.75) is 13.0 Å². The highest BCUT2D eigenvalue weighted by Gasteiger charge is 2.17. The Hall–Kier alpha value is -1.51. The van der Waals surface area contributed by atoms with Gasteiger partial charge in [0, 0.05) is 29.4 Å². The third-order valence-corrected chi connectivity index (χ3v) is 4.01. The molecule has 0 amide bonds. The second-order valence-electron chi connectivity index (χ2n) is 5.16. The molecule has 0 aliphatic carbocycles. The molecular formula is C16H17ClN2. The van der Waals surface area contributed by atoms with E-state index < -0.39 is 0 Å². The van der Waals surface area contributed by atoms with E-state index in [1.165, 1.54) is 11.1 Å². The van der Waals surface area contributed by atoms with Crippen molar-refractivity contribution in [1.29, 1.82) is 0 Å². The summed E-state index contributed by atoms with van der Waals surface area (Å²) in [7, 11) is 2.14. The minimum absolute atomic E-state index is 0.745. The summed E-state index contributed by atoms with van der Waals surface area (Å²) in [5.74, 6) is 0. The normalized spacial score (nSPS) is 15.3. The molecule has 0 spiro atoms. The Morgan fingerprint density at radius 3 is 2.84 bits per heavy atom. The number of halogens is 1. The molecule has 1 aliphatic heterocycles. The van der Waals surface area contributed by atoms with Crippen LogP contribution in [0.2, 0.25) is 5.02 Å². The van der Waals surface area contributed by atoms with Gasteiger partial charge in [-0.05, 0) is 42.3 Å². The van der Waals surface area contributed by atoms with Crippen molar-refractivity contribution in [3.8, 4) is 11.1 Å². The van der Waals surface area contributed by atoms with Crippen LogP contribution >= 0.6 is 11.6 Å². The van der Waals surface area contributed by atoms with Crippen molar-refractivity contribution in [3.05, 3.63) is 52.5 Å². The van der Waals surface area contributed by atoms with Gasteiger partial charge in [-0.1, -0.05) is 35.9 Å². The predicted molar refractivity (Wildman–Crippen MR) is 81.3 cm³/mol. The van der Waals surface area contributed by atoms with E-state index in [1.54, 1.807) is 0 Å². The van der Waals surface area contributed by atoms with E-state index in [1.807, 2.05) is 18.2 Å². The maximum absolute atomic E-state index is 6.37. The third-order valence-electron chi connectivity index (χ3n) is 3.77. The number of likely N-dealkylation sites (N-methyl/N-ethyl adjacent to an activating group) is 1. The van der Waals surface area contributed by atoms with E-state index in [9.17, 15) is 0 Å². The summed E-state index contributed by atoms with van der Waals surface area (Å²) in [6.45, 7) is 2.05. The van der Waals surface area contributed by atoms with Crippen molar-refractivity contribution < 1.29 is 0 Å². The van der Waals surface area contributed by atoms with Crippen molar-refractivity contribution in [2.24, 2.45) is 0 Å². The van der Waals surface area contributed by atoms with Gasteiger partial charge < -0.3 is 10.6 Å². The van der Waals surface area contributed by atoms with Crippen LogP contribution in [-0.4, -0.2) is 18.5 Å². The number of rotatable bonds is 1. The fraction of sp³-hybridized carbons (Fsp3) is 0.250. The highest BCUT2D eigenvalue weighted by molar-refractivity contribution is 6.30. The van der Waals surface area contributed by atoms with E-state index in [2.05, 4.69) is 30.1 Å². The lowest BCUT2D eigenvalue weighted by Gasteiger charge is -2.27. The summed E-state index contributed by atoms with van der Waals surface area (Å²) < 4.78 is 0. The minimum atomic E-state index is 0.745. The molecular weight excluding hydrogens is 256 g/mol. The number of nitrogens with zero attached hydrogens (tertiary/aromatic N) is 1. The largest absolute Gasteiger partial charge is 0.398 e. The SMILES string of the molecule is CN1CCc2c(ccc(-c3cccc(Cl)c3)c2N)C1. The number of hydrogen-bond donors (Lipinski definition) is 1. The highest BCUT2D eigenvalue weighted by Crippen LogP contribution is 2.34. The standard InChI is InChI=1S/C16H17ClN2/c1-19-8-7-15-12(10-19)5-6-14(16(15)18)11-3-2-4-13(17)9-11/h2-6,9H,7-8,10,18H2,1H3. The monoisotopic (exact) mass is 272 g/mol. The Bertz CT molecular complexity index is 622. The fourth-order valence-corrected chi connectivity index (χ4v) is 2.92. The molecule has 0 atom stereocenters. The summed E-state index contributed by atoms with van der Waals surface area (Å²) in [5, 5.41) is 0.745. The molecule has 2 aromatic carbocycles. The molecule has 0 radical (unpaired) electrons.